The van der Waals surface area contributed by atoms with Crippen LogP contribution in [0.25, 0.3) is 0 Å². The molecule has 0 spiro atoms. The Morgan fingerprint density at radius 3 is 2.51 bits per heavy atom. The Kier molecular flexibility index (Phi) is 10.2. The molecular weight excluding hydrogens is 522 g/mol. The molecule has 0 amide bonds. The molecule has 0 aromatic heterocycles. The van der Waals surface area contributed by atoms with Gasteiger partial charge in [0.2, 0.25) is 0 Å². The number of nitrogens with two attached hydrogens (primary N) is 1. The molecule has 5 N–H and O–H groups in total. The summed E-state index contributed by atoms with van der Waals surface area (Å²) in [5, 5.41) is 0. The predicted octanol–water partition coefficient (Wildman–Crippen LogP) is 8.80. The maximum Gasteiger partial charge on any atom is 0.0909 e. The summed E-state index contributed by atoms with van der Waals surface area (Å²) < 4.78 is 0. The monoisotopic (exact) mass is 578 g/mol. The van der Waals surface area contributed by atoms with Crippen molar-refractivity contribution in [3.63, 3.8) is 0 Å². The fourth-order valence-corrected chi connectivity index (χ4v) is 8.90. The van der Waals surface area contributed by atoms with Crippen LogP contribution in [-0.4, -0.2) is 10.9 Å². The van der Waals surface area contributed by atoms with Gasteiger partial charge in [-0.05, 0) is 120 Å². The van der Waals surface area contributed by atoms with Gasteiger partial charge in [0.15, 0.2) is 0 Å². The van der Waals surface area contributed by atoms with Gasteiger partial charge in [0.05, 0.1) is 6.20 Å². The Hall–Kier alpha value is -2.62. The first-order chi connectivity index (χ1) is 21.1. The van der Waals surface area contributed by atoms with Crippen molar-refractivity contribution in [3.8, 4) is 0 Å². The molecule has 0 radical (unpaired) electrons. The summed E-state index contributed by atoms with van der Waals surface area (Å²) in [5.41, 5.74) is 18.0. The maximum absolute atomic E-state index is 6.46. The lowest BCUT2D eigenvalue weighted by Gasteiger charge is -2.36. The summed E-state index contributed by atoms with van der Waals surface area (Å²) >= 11 is 0. The van der Waals surface area contributed by atoms with E-state index in [-0.39, 0.29) is 6.04 Å². The zero-order chi connectivity index (χ0) is 29.6. The van der Waals surface area contributed by atoms with Gasteiger partial charge in [-0.1, -0.05) is 84.7 Å². The molecule has 6 aliphatic rings. The summed E-state index contributed by atoms with van der Waals surface area (Å²) in [6, 6.07) is 0.162. The number of fused-ring (bicyclic) bond motifs is 3. The molecule has 3 nitrogen and oxygen atoms in total. The summed E-state index contributed by atoms with van der Waals surface area (Å²) in [5.74, 6) is 4.23. The molecule has 1 saturated heterocycles. The smallest absolute Gasteiger partial charge is 0.0909 e. The van der Waals surface area contributed by atoms with Crippen molar-refractivity contribution in [3.05, 3.63) is 107 Å². The second-order valence-electron chi connectivity index (χ2n) is 14.1. The van der Waals surface area contributed by atoms with Crippen LogP contribution in [0.4, 0.5) is 0 Å². The zero-order valence-corrected chi connectivity index (χ0v) is 26.7. The first kappa shape index (κ1) is 30.4. The second kappa shape index (κ2) is 14.4. The van der Waals surface area contributed by atoms with E-state index in [4.69, 9.17) is 5.73 Å². The average Bonchev–Trinajstić information content (AvgIpc) is 3.39. The van der Waals surface area contributed by atoms with Crippen molar-refractivity contribution >= 4 is 0 Å². The third-order valence-corrected chi connectivity index (χ3v) is 11.4. The van der Waals surface area contributed by atoms with Crippen LogP contribution in [0.15, 0.2) is 107 Å². The number of hydrogen-bond acceptors (Lipinski definition) is 2. The fourth-order valence-electron chi connectivity index (χ4n) is 8.90. The summed E-state index contributed by atoms with van der Waals surface area (Å²) in [7, 11) is 0. The minimum Gasteiger partial charge on any atom is -0.331 e. The van der Waals surface area contributed by atoms with Gasteiger partial charge in [0, 0.05) is 35.0 Å². The van der Waals surface area contributed by atoms with Crippen LogP contribution in [0, 0.1) is 35.5 Å². The van der Waals surface area contributed by atoms with E-state index in [1.807, 2.05) is 12.3 Å². The van der Waals surface area contributed by atoms with Gasteiger partial charge >= 0.3 is 0 Å². The lowest BCUT2D eigenvalue weighted by atomic mass is 9.69. The van der Waals surface area contributed by atoms with E-state index < -0.39 is 0 Å². The number of unbranched alkanes of at least 4 members (excludes halogenated alkanes) is 1. The first-order valence-corrected chi connectivity index (χ1v) is 17.6. The lowest BCUT2D eigenvalue weighted by molar-refractivity contribution is -0.274. The highest BCUT2D eigenvalue weighted by Gasteiger charge is 2.46. The molecule has 7 unspecified atom stereocenters. The Bertz CT molecular complexity index is 1270. The minimum atomic E-state index is 0.162. The lowest BCUT2D eigenvalue weighted by Crippen LogP contribution is -2.39. The van der Waals surface area contributed by atoms with Gasteiger partial charge in [-0.2, -0.15) is 0 Å². The van der Waals surface area contributed by atoms with E-state index in [2.05, 4.69) is 84.4 Å². The van der Waals surface area contributed by atoms with Crippen molar-refractivity contribution in [2.75, 3.05) is 0 Å². The quantitative estimate of drug-likeness (QED) is 0.155. The maximum atomic E-state index is 6.46. The van der Waals surface area contributed by atoms with Crippen molar-refractivity contribution in [2.24, 2.45) is 41.2 Å². The van der Waals surface area contributed by atoms with Crippen molar-refractivity contribution in [1.82, 2.24) is 4.90 Å². The molecule has 230 valence electrons. The number of allylic oxidation sites excluding steroid dienone is 16. The van der Waals surface area contributed by atoms with Gasteiger partial charge in [-0.25, -0.2) is 0 Å². The van der Waals surface area contributed by atoms with Crippen LogP contribution in [0.1, 0.15) is 96.8 Å². The van der Waals surface area contributed by atoms with E-state index in [0.717, 1.165) is 12.3 Å². The molecule has 5 aliphatic carbocycles. The fraction of sp³-hybridized carbons (Fsp3) is 0.550. The van der Waals surface area contributed by atoms with Gasteiger partial charge in [0.25, 0.3) is 0 Å². The Morgan fingerprint density at radius 1 is 0.953 bits per heavy atom. The SMILES string of the molecule is C/C(=C\C=C/[NH3+])C(N)CCCCC1C=C2C(CC1)C1CCC(C3C=CCC(C4=CC=CCC4)C3)C=C1N2C1=CC=CCC1. The third kappa shape index (κ3) is 7.04. The predicted molar refractivity (Wildman–Crippen MR) is 181 cm³/mol. The van der Waals surface area contributed by atoms with E-state index in [1.165, 1.54) is 94.7 Å². The van der Waals surface area contributed by atoms with Crippen LogP contribution in [0.5, 0.6) is 0 Å². The number of likely N-dealkylation sites (tertiary alicyclic amines) is 1. The minimum absolute atomic E-state index is 0.162. The third-order valence-electron chi connectivity index (χ3n) is 11.4. The zero-order valence-electron chi connectivity index (χ0n) is 26.7. The van der Waals surface area contributed by atoms with Gasteiger partial charge in [0.1, 0.15) is 0 Å². The van der Waals surface area contributed by atoms with Gasteiger partial charge < -0.3 is 16.4 Å². The molecule has 1 heterocycles. The summed E-state index contributed by atoms with van der Waals surface area (Å²) in [6.07, 6.45) is 48.3. The standard InChI is InChI=1S/C40H55N3/c1-29(12-11-25-41)38(42)20-9-8-13-30-21-23-36-37-24-22-34(33-17-10-16-32(27-33)31-14-4-2-5-15-31)28-40(37)43(39(36)26-30)35-18-6-3-7-19-35/h2-4,6,10-12,14,17-18,25-26,28,30,32-34,36-38H,5,7-9,13,15-16,19-24,27,41-42H2,1H3/p+1/b25-11-,29-12+. The van der Waals surface area contributed by atoms with E-state index in [1.54, 1.807) is 17.0 Å². The van der Waals surface area contributed by atoms with Crippen LogP contribution in [0.2, 0.25) is 0 Å². The normalized spacial score (nSPS) is 33.1. The van der Waals surface area contributed by atoms with Crippen LogP contribution in [0.3, 0.4) is 0 Å². The van der Waals surface area contributed by atoms with Gasteiger partial charge in [-0.15, -0.1) is 0 Å². The Morgan fingerprint density at radius 2 is 1.74 bits per heavy atom. The molecule has 0 bridgehead atoms. The second-order valence-corrected chi connectivity index (χ2v) is 14.1. The number of quaternary nitrogens is 1. The Balaban J connectivity index is 1.16. The molecule has 3 heteroatoms. The van der Waals surface area contributed by atoms with Crippen LogP contribution < -0.4 is 11.5 Å². The number of nitrogens with zero attached hydrogens (tertiary/aromatic N) is 1. The number of hydrogen-bond donors (Lipinski definition) is 2. The molecule has 1 aliphatic heterocycles. The van der Waals surface area contributed by atoms with Crippen molar-refractivity contribution in [1.29, 1.82) is 0 Å². The first-order valence-electron chi connectivity index (χ1n) is 17.6. The summed E-state index contributed by atoms with van der Waals surface area (Å²) in [4.78, 5) is 2.79. The van der Waals surface area contributed by atoms with Crippen LogP contribution >= 0.6 is 0 Å². The molecule has 43 heavy (non-hydrogen) atoms. The van der Waals surface area contributed by atoms with Crippen molar-refractivity contribution < 1.29 is 5.73 Å². The molecule has 6 rings (SSSR count). The van der Waals surface area contributed by atoms with E-state index >= 15 is 0 Å². The molecule has 0 saturated carbocycles. The highest BCUT2D eigenvalue weighted by molar-refractivity contribution is 5.39. The Labute approximate surface area is 261 Å². The van der Waals surface area contributed by atoms with Crippen molar-refractivity contribution in [2.45, 2.75) is 103 Å². The molecule has 1 fully saturated rings. The highest BCUT2D eigenvalue weighted by Crippen LogP contribution is 2.55. The largest absolute Gasteiger partial charge is 0.331 e. The number of rotatable bonds is 10. The molecule has 0 aromatic carbocycles. The topological polar surface area (TPSA) is 56.9 Å². The molecular formula is C40H56N3+. The summed E-state index contributed by atoms with van der Waals surface area (Å²) in [6.45, 7) is 2.15. The van der Waals surface area contributed by atoms with Gasteiger partial charge in [-0.3, -0.25) is 0 Å². The van der Waals surface area contributed by atoms with E-state index in [9.17, 15) is 0 Å². The van der Waals surface area contributed by atoms with E-state index in [0.29, 0.717) is 29.6 Å². The van der Waals surface area contributed by atoms with Crippen LogP contribution in [-0.2, 0) is 0 Å². The molecule has 0 aromatic rings. The average molecular weight is 579 g/mol. The molecule has 7 atom stereocenters. The highest BCUT2D eigenvalue weighted by atomic mass is 15.2.